The summed E-state index contributed by atoms with van der Waals surface area (Å²) >= 11 is 0. The zero-order valence-corrected chi connectivity index (χ0v) is 16.4. The molecule has 0 radical (unpaired) electrons. The maximum absolute atomic E-state index is 12.8. The van der Waals surface area contributed by atoms with Crippen molar-refractivity contribution < 1.29 is 9.53 Å². The van der Waals surface area contributed by atoms with E-state index >= 15 is 0 Å². The Morgan fingerprint density at radius 2 is 2.11 bits per heavy atom. The number of hydrogen-bond donors (Lipinski definition) is 0. The Balaban J connectivity index is 1.85. The van der Waals surface area contributed by atoms with Crippen LogP contribution in [-0.2, 0) is 13.0 Å². The van der Waals surface area contributed by atoms with Gasteiger partial charge in [0.25, 0.3) is 5.56 Å². The van der Waals surface area contributed by atoms with Crippen LogP contribution in [0.15, 0.2) is 47.4 Å². The summed E-state index contributed by atoms with van der Waals surface area (Å²) in [6.45, 7) is 2.47. The van der Waals surface area contributed by atoms with Crippen LogP contribution in [-0.4, -0.2) is 17.5 Å². The van der Waals surface area contributed by atoms with E-state index in [0.29, 0.717) is 36.6 Å². The van der Waals surface area contributed by atoms with Gasteiger partial charge in [0.15, 0.2) is 5.78 Å². The molecule has 1 aromatic carbocycles. The molecule has 4 heteroatoms. The normalized spacial score (nSPS) is 15.2. The van der Waals surface area contributed by atoms with Crippen LogP contribution in [0.4, 0.5) is 0 Å². The summed E-state index contributed by atoms with van der Waals surface area (Å²) in [6, 6.07) is 5.64. The van der Waals surface area contributed by atoms with Gasteiger partial charge in [-0.25, -0.2) is 0 Å². The summed E-state index contributed by atoms with van der Waals surface area (Å²) in [6.07, 6.45) is 13.4. The molecule has 0 aliphatic heterocycles. The van der Waals surface area contributed by atoms with Crippen molar-refractivity contribution in [2.75, 3.05) is 7.11 Å². The molecule has 0 atom stereocenters. The minimum atomic E-state index is 0.0433. The molecule has 0 amide bonds. The van der Waals surface area contributed by atoms with Crippen LogP contribution in [0.1, 0.15) is 47.7 Å². The van der Waals surface area contributed by atoms with Crippen molar-refractivity contribution in [2.45, 2.75) is 39.2 Å². The highest BCUT2D eigenvalue weighted by Gasteiger charge is 2.26. The Hall–Kier alpha value is -2.88. The quantitative estimate of drug-likeness (QED) is 0.523. The first-order valence-corrected chi connectivity index (χ1v) is 9.88. The topological polar surface area (TPSA) is 48.3 Å². The Bertz CT molecular complexity index is 1040. The summed E-state index contributed by atoms with van der Waals surface area (Å²) in [4.78, 5) is 25.5. The number of ketones is 1. The molecule has 2 aliphatic carbocycles. The fourth-order valence-electron chi connectivity index (χ4n) is 3.78. The van der Waals surface area contributed by atoms with Gasteiger partial charge in [-0.1, -0.05) is 24.3 Å². The number of allylic oxidation sites excluding steroid dienone is 3. The number of aromatic nitrogens is 1. The molecule has 0 bridgehead atoms. The van der Waals surface area contributed by atoms with Crippen molar-refractivity contribution in [1.29, 1.82) is 0 Å². The highest BCUT2D eigenvalue weighted by molar-refractivity contribution is 5.98. The van der Waals surface area contributed by atoms with Crippen molar-refractivity contribution >= 4 is 11.9 Å². The van der Waals surface area contributed by atoms with E-state index in [1.807, 2.05) is 55.6 Å². The maximum atomic E-state index is 12.8. The summed E-state index contributed by atoms with van der Waals surface area (Å²) in [5.41, 5.74) is 4.30. The average molecular weight is 375 g/mol. The summed E-state index contributed by atoms with van der Waals surface area (Å²) in [7, 11) is 1.64. The number of carbonyl (C=O) groups is 1. The molecule has 1 fully saturated rings. The van der Waals surface area contributed by atoms with E-state index in [0.717, 1.165) is 35.1 Å². The minimum Gasteiger partial charge on any atom is -0.496 e. The van der Waals surface area contributed by atoms with Crippen molar-refractivity contribution in [3.63, 3.8) is 0 Å². The number of nitrogens with zero attached hydrogens (tertiary/aromatic N) is 1. The van der Waals surface area contributed by atoms with Gasteiger partial charge in [0.2, 0.25) is 0 Å². The van der Waals surface area contributed by atoms with E-state index in [1.165, 1.54) is 0 Å². The number of benzene rings is 1. The van der Waals surface area contributed by atoms with Gasteiger partial charge < -0.3 is 9.30 Å². The third-order valence-corrected chi connectivity index (χ3v) is 5.55. The lowest BCUT2D eigenvalue weighted by atomic mass is 9.95. The van der Waals surface area contributed by atoms with Gasteiger partial charge in [-0.3, -0.25) is 9.59 Å². The predicted octanol–water partition coefficient (Wildman–Crippen LogP) is 4.65. The minimum absolute atomic E-state index is 0.0433. The van der Waals surface area contributed by atoms with Gasteiger partial charge in [-0.15, -0.1) is 0 Å². The fourth-order valence-corrected chi connectivity index (χ4v) is 3.78. The van der Waals surface area contributed by atoms with Crippen LogP contribution in [0.3, 0.4) is 0 Å². The largest absolute Gasteiger partial charge is 0.496 e. The third-order valence-electron chi connectivity index (χ3n) is 5.55. The average Bonchev–Trinajstić information content (AvgIpc) is 3.38. The highest BCUT2D eigenvalue weighted by Crippen LogP contribution is 2.38. The molecule has 144 valence electrons. The Labute approximate surface area is 165 Å². The van der Waals surface area contributed by atoms with Crippen molar-refractivity contribution in [2.24, 2.45) is 5.92 Å². The zero-order chi connectivity index (χ0) is 19.7. The predicted molar refractivity (Wildman–Crippen MR) is 112 cm³/mol. The number of carbonyl (C=O) groups excluding carboxylic acids is 1. The number of Topliss-reactive ketones (excluding diaryl/α,β-unsaturated/α-hetero) is 1. The van der Waals surface area contributed by atoms with Gasteiger partial charge in [0.05, 0.1) is 7.11 Å². The fraction of sp³-hybridized carbons (Fsp3) is 0.333. The molecule has 4 rings (SSSR count). The van der Waals surface area contributed by atoms with Gasteiger partial charge in [0, 0.05) is 41.4 Å². The number of ether oxygens (including phenoxy) is 1. The van der Waals surface area contributed by atoms with Gasteiger partial charge in [-0.2, -0.15) is 0 Å². The standard InChI is InChI=1S/C24H25NO3/c1-3-4-12-25-15-21(18-6-5-7-19(18)24(25)27)20-14-17(10-11-23(20)28-2)22(26)13-16-8-9-16/h3-6,10-11,14-16H,7-9,12-13H2,1-2H3/b4-3+. The smallest absolute Gasteiger partial charge is 0.254 e. The summed E-state index contributed by atoms with van der Waals surface area (Å²) in [5, 5.41) is 0. The van der Waals surface area contributed by atoms with Crippen LogP contribution in [0.5, 0.6) is 5.75 Å². The van der Waals surface area contributed by atoms with Gasteiger partial charge in [0.1, 0.15) is 5.75 Å². The number of hydrogen-bond acceptors (Lipinski definition) is 3. The Morgan fingerprint density at radius 3 is 2.82 bits per heavy atom. The first kappa shape index (κ1) is 18.5. The first-order chi connectivity index (χ1) is 13.6. The number of rotatable bonds is 7. The summed E-state index contributed by atoms with van der Waals surface area (Å²) < 4.78 is 7.34. The molecule has 28 heavy (non-hydrogen) atoms. The van der Waals surface area contributed by atoms with Gasteiger partial charge in [-0.05, 0) is 55.9 Å². The number of fused-ring (bicyclic) bond motifs is 1. The molecule has 2 aromatic rings. The monoisotopic (exact) mass is 375 g/mol. The van der Waals surface area contributed by atoms with E-state index in [9.17, 15) is 9.59 Å². The Kier molecular flexibility index (Phi) is 5.03. The molecule has 2 aliphatic rings. The van der Waals surface area contributed by atoms with Crippen molar-refractivity contribution in [3.8, 4) is 16.9 Å². The molecule has 0 saturated heterocycles. The van der Waals surface area contributed by atoms with E-state index in [1.54, 1.807) is 11.7 Å². The molecule has 1 saturated carbocycles. The van der Waals surface area contributed by atoms with E-state index in [2.05, 4.69) is 0 Å². The second kappa shape index (κ2) is 7.63. The van der Waals surface area contributed by atoms with Crippen LogP contribution < -0.4 is 10.3 Å². The first-order valence-electron chi connectivity index (χ1n) is 9.88. The second-order valence-corrected chi connectivity index (χ2v) is 7.55. The molecule has 4 nitrogen and oxygen atoms in total. The third kappa shape index (κ3) is 3.47. The van der Waals surface area contributed by atoms with E-state index in [4.69, 9.17) is 4.74 Å². The molecular weight excluding hydrogens is 350 g/mol. The molecule has 1 aromatic heterocycles. The maximum Gasteiger partial charge on any atom is 0.254 e. The highest BCUT2D eigenvalue weighted by atomic mass is 16.5. The lowest BCUT2D eigenvalue weighted by molar-refractivity contribution is 0.0976. The Morgan fingerprint density at radius 1 is 1.29 bits per heavy atom. The lowest BCUT2D eigenvalue weighted by Crippen LogP contribution is -2.23. The lowest BCUT2D eigenvalue weighted by Gasteiger charge is -2.16. The van der Waals surface area contributed by atoms with Crippen LogP contribution >= 0.6 is 0 Å². The van der Waals surface area contributed by atoms with E-state index < -0.39 is 0 Å². The van der Waals surface area contributed by atoms with Crippen molar-refractivity contribution in [1.82, 2.24) is 4.57 Å². The van der Waals surface area contributed by atoms with E-state index in [-0.39, 0.29) is 11.3 Å². The molecule has 1 heterocycles. The number of methoxy groups -OCH3 is 1. The second-order valence-electron chi connectivity index (χ2n) is 7.55. The van der Waals surface area contributed by atoms with Crippen LogP contribution in [0.25, 0.3) is 17.2 Å². The van der Waals surface area contributed by atoms with Crippen LogP contribution in [0.2, 0.25) is 0 Å². The summed E-state index contributed by atoms with van der Waals surface area (Å²) in [5.74, 6) is 1.44. The SMILES string of the molecule is C/C=C/Cn1cc(-c2cc(C(=O)CC3CC3)ccc2OC)c2c(c1=O)CC=C2. The van der Waals surface area contributed by atoms with Crippen LogP contribution in [0, 0.1) is 5.92 Å². The zero-order valence-electron chi connectivity index (χ0n) is 16.4. The van der Waals surface area contributed by atoms with Gasteiger partial charge >= 0.3 is 0 Å². The molecule has 0 unspecified atom stereocenters. The van der Waals surface area contributed by atoms with Crippen molar-refractivity contribution in [3.05, 3.63) is 69.7 Å². The molecular formula is C24H25NO3. The molecule has 0 N–H and O–H groups in total. The number of pyridine rings is 1. The molecule has 0 spiro atoms.